The van der Waals surface area contributed by atoms with Gasteiger partial charge in [-0.15, -0.1) is 0 Å². The minimum Gasteiger partial charge on any atom is -0.396 e. The van der Waals surface area contributed by atoms with Crippen LogP contribution < -0.4 is 5.32 Å². The molecule has 1 aromatic rings. The molecule has 0 aromatic carbocycles. The van der Waals surface area contributed by atoms with Crippen LogP contribution in [0.4, 0.5) is 0 Å². The van der Waals surface area contributed by atoms with Crippen LogP contribution in [-0.4, -0.2) is 33.9 Å². The number of rotatable bonds is 7. The van der Waals surface area contributed by atoms with Crippen molar-refractivity contribution < 1.29 is 9.90 Å². The molecule has 21 heavy (non-hydrogen) atoms. The van der Waals surface area contributed by atoms with Crippen molar-refractivity contribution in [3.63, 3.8) is 0 Å². The molecular weight excluding hydrogens is 266 g/mol. The van der Waals surface area contributed by atoms with Gasteiger partial charge in [-0.05, 0) is 38.2 Å². The van der Waals surface area contributed by atoms with Gasteiger partial charge in [-0.1, -0.05) is 13.8 Å². The number of aromatic nitrogens is 2. The van der Waals surface area contributed by atoms with E-state index in [0.29, 0.717) is 6.54 Å². The Balaban J connectivity index is 2.56. The number of nitrogens with one attached hydrogen (secondary N) is 1. The number of hydrogen-bond donors (Lipinski definition) is 2. The van der Waals surface area contributed by atoms with Gasteiger partial charge in [-0.2, -0.15) is 5.10 Å². The lowest BCUT2D eigenvalue weighted by Gasteiger charge is -2.24. The van der Waals surface area contributed by atoms with Crippen LogP contribution in [0.3, 0.4) is 0 Å². The standard InChI is InChI=1S/C16H27N3O2/c1-12-14(13(2)19(5)18-12)7-8-15(21)17-11-16(3,4)9-6-10-20/h7-8,20H,6,9-11H2,1-5H3,(H,17,21)/b8-7+. The Morgan fingerprint density at radius 2 is 2.10 bits per heavy atom. The number of carbonyl (C=O) groups excluding carboxylic acids is 1. The summed E-state index contributed by atoms with van der Waals surface area (Å²) in [7, 11) is 1.89. The quantitative estimate of drug-likeness (QED) is 0.755. The van der Waals surface area contributed by atoms with Crippen LogP contribution in [0.15, 0.2) is 6.08 Å². The molecule has 0 fully saturated rings. The molecule has 0 bridgehead atoms. The molecule has 0 unspecified atom stereocenters. The Kier molecular flexibility index (Phi) is 6.15. The highest BCUT2D eigenvalue weighted by Gasteiger charge is 2.17. The van der Waals surface area contributed by atoms with Gasteiger partial charge in [0.1, 0.15) is 0 Å². The molecule has 1 rings (SSSR count). The summed E-state index contributed by atoms with van der Waals surface area (Å²) in [6.07, 6.45) is 5.01. The number of amides is 1. The molecule has 118 valence electrons. The molecule has 1 aromatic heterocycles. The van der Waals surface area contributed by atoms with Crippen molar-refractivity contribution in [2.75, 3.05) is 13.2 Å². The predicted molar refractivity (Wildman–Crippen MR) is 84.8 cm³/mol. The van der Waals surface area contributed by atoms with Gasteiger partial charge in [0.25, 0.3) is 0 Å². The minimum atomic E-state index is -0.102. The third-order valence-electron chi connectivity index (χ3n) is 3.72. The van der Waals surface area contributed by atoms with E-state index in [4.69, 9.17) is 5.11 Å². The molecule has 5 heteroatoms. The van der Waals surface area contributed by atoms with E-state index in [2.05, 4.69) is 24.3 Å². The van der Waals surface area contributed by atoms with E-state index in [-0.39, 0.29) is 17.9 Å². The lowest BCUT2D eigenvalue weighted by Crippen LogP contribution is -2.33. The topological polar surface area (TPSA) is 67.2 Å². The molecule has 0 aliphatic rings. The second kappa shape index (κ2) is 7.41. The fraction of sp³-hybridized carbons (Fsp3) is 0.625. The molecule has 0 radical (unpaired) electrons. The van der Waals surface area contributed by atoms with Crippen LogP contribution in [0.1, 0.15) is 43.6 Å². The average molecular weight is 293 g/mol. The third kappa shape index (κ3) is 5.34. The summed E-state index contributed by atoms with van der Waals surface area (Å²) in [5.74, 6) is -0.102. The van der Waals surface area contributed by atoms with Crippen LogP contribution in [0.2, 0.25) is 0 Å². The van der Waals surface area contributed by atoms with Gasteiger partial charge < -0.3 is 10.4 Å². The highest BCUT2D eigenvalue weighted by atomic mass is 16.2. The van der Waals surface area contributed by atoms with Gasteiger partial charge >= 0.3 is 0 Å². The molecule has 0 saturated heterocycles. The summed E-state index contributed by atoms with van der Waals surface area (Å²) in [5.41, 5.74) is 2.95. The lowest BCUT2D eigenvalue weighted by molar-refractivity contribution is -0.116. The molecule has 0 aliphatic carbocycles. The molecule has 0 saturated carbocycles. The summed E-state index contributed by atoms with van der Waals surface area (Å²) < 4.78 is 1.81. The molecule has 0 spiro atoms. The van der Waals surface area contributed by atoms with Crippen molar-refractivity contribution in [3.8, 4) is 0 Å². The zero-order chi connectivity index (χ0) is 16.0. The van der Waals surface area contributed by atoms with E-state index in [1.807, 2.05) is 31.7 Å². The second-order valence-corrected chi connectivity index (χ2v) is 6.25. The monoisotopic (exact) mass is 293 g/mol. The molecule has 1 amide bonds. The number of aryl methyl sites for hydroxylation is 2. The average Bonchev–Trinajstić information content (AvgIpc) is 2.66. The third-order valence-corrected chi connectivity index (χ3v) is 3.72. The van der Waals surface area contributed by atoms with Gasteiger partial charge in [-0.3, -0.25) is 9.48 Å². The fourth-order valence-corrected chi connectivity index (χ4v) is 2.22. The van der Waals surface area contributed by atoms with Crippen LogP contribution in [0, 0.1) is 19.3 Å². The van der Waals surface area contributed by atoms with Crippen molar-refractivity contribution >= 4 is 12.0 Å². The first kappa shape index (κ1) is 17.4. The molecular formula is C16H27N3O2. The maximum Gasteiger partial charge on any atom is 0.244 e. The fourth-order valence-electron chi connectivity index (χ4n) is 2.22. The maximum absolute atomic E-state index is 11.9. The number of nitrogens with zero attached hydrogens (tertiary/aromatic N) is 2. The van der Waals surface area contributed by atoms with Crippen LogP contribution >= 0.6 is 0 Å². The van der Waals surface area contributed by atoms with E-state index in [0.717, 1.165) is 29.8 Å². The summed E-state index contributed by atoms with van der Waals surface area (Å²) in [5, 5.41) is 16.1. The van der Waals surface area contributed by atoms with Crippen LogP contribution in [-0.2, 0) is 11.8 Å². The molecule has 0 atom stereocenters. The summed E-state index contributed by atoms with van der Waals surface area (Å²) in [4.78, 5) is 11.9. The number of hydrogen-bond acceptors (Lipinski definition) is 3. The van der Waals surface area contributed by atoms with Crippen molar-refractivity contribution in [1.82, 2.24) is 15.1 Å². The van der Waals surface area contributed by atoms with Gasteiger partial charge in [0.15, 0.2) is 0 Å². The summed E-state index contributed by atoms with van der Waals surface area (Å²) in [6, 6.07) is 0. The number of aliphatic hydroxyl groups is 1. The Morgan fingerprint density at radius 3 is 2.62 bits per heavy atom. The zero-order valence-electron chi connectivity index (χ0n) is 13.7. The van der Waals surface area contributed by atoms with Crippen molar-refractivity contribution in [1.29, 1.82) is 0 Å². The van der Waals surface area contributed by atoms with Crippen LogP contribution in [0.5, 0.6) is 0 Å². The van der Waals surface area contributed by atoms with E-state index >= 15 is 0 Å². The first-order valence-corrected chi connectivity index (χ1v) is 7.34. The first-order valence-electron chi connectivity index (χ1n) is 7.34. The van der Waals surface area contributed by atoms with Crippen molar-refractivity contribution in [3.05, 3.63) is 23.0 Å². The zero-order valence-corrected chi connectivity index (χ0v) is 13.7. The van der Waals surface area contributed by atoms with Crippen molar-refractivity contribution in [2.24, 2.45) is 12.5 Å². The Bertz CT molecular complexity index is 516. The Morgan fingerprint density at radius 1 is 1.43 bits per heavy atom. The molecule has 0 aliphatic heterocycles. The number of aliphatic hydroxyl groups excluding tert-OH is 1. The highest BCUT2D eigenvalue weighted by molar-refractivity contribution is 5.92. The van der Waals surface area contributed by atoms with E-state index < -0.39 is 0 Å². The normalized spacial score (nSPS) is 12.1. The SMILES string of the molecule is Cc1nn(C)c(C)c1/C=C/C(=O)NCC(C)(C)CCCO. The number of carbonyl (C=O) groups is 1. The smallest absolute Gasteiger partial charge is 0.244 e. The van der Waals surface area contributed by atoms with Gasteiger partial charge in [-0.25, -0.2) is 0 Å². The van der Waals surface area contributed by atoms with E-state index in [1.54, 1.807) is 6.08 Å². The minimum absolute atomic E-state index is 0.00757. The van der Waals surface area contributed by atoms with E-state index in [9.17, 15) is 4.79 Å². The molecule has 1 heterocycles. The van der Waals surface area contributed by atoms with E-state index in [1.165, 1.54) is 0 Å². The Labute approximate surface area is 127 Å². The summed E-state index contributed by atoms with van der Waals surface area (Å²) >= 11 is 0. The van der Waals surface area contributed by atoms with Gasteiger partial charge in [0.2, 0.25) is 5.91 Å². The lowest BCUT2D eigenvalue weighted by atomic mass is 9.88. The second-order valence-electron chi connectivity index (χ2n) is 6.25. The largest absolute Gasteiger partial charge is 0.396 e. The molecule has 5 nitrogen and oxygen atoms in total. The maximum atomic E-state index is 11.9. The van der Waals surface area contributed by atoms with Crippen LogP contribution in [0.25, 0.3) is 6.08 Å². The first-order chi connectivity index (χ1) is 9.76. The van der Waals surface area contributed by atoms with Crippen molar-refractivity contribution in [2.45, 2.75) is 40.5 Å². The Hall–Kier alpha value is -1.62. The van der Waals surface area contributed by atoms with Gasteiger partial charge in [0.05, 0.1) is 5.69 Å². The van der Waals surface area contributed by atoms with Gasteiger partial charge in [0, 0.05) is 37.5 Å². The summed E-state index contributed by atoms with van der Waals surface area (Å²) in [6.45, 7) is 8.88. The highest BCUT2D eigenvalue weighted by Crippen LogP contribution is 2.20. The predicted octanol–water partition coefficient (Wildman–Crippen LogP) is 1.97. The molecule has 2 N–H and O–H groups in total.